The van der Waals surface area contributed by atoms with Gasteiger partial charge < -0.3 is 15.7 Å². The van der Waals surface area contributed by atoms with Crippen LogP contribution in [0, 0.1) is 0 Å². The molecule has 0 aliphatic heterocycles. The summed E-state index contributed by atoms with van der Waals surface area (Å²) in [4.78, 5) is 19.4. The van der Waals surface area contributed by atoms with Gasteiger partial charge in [-0.05, 0) is 18.2 Å². The number of rotatable bonds is 4. The summed E-state index contributed by atoms with van der Waals surface area (Å²) in [5, 5.41) is 12.3. The van der Waals surface area contributed by atoms with Crippen molar-refractivity contribution < 1.29 is 27.9 Å². The average molecular weight is 332 g/mol. The molecule has 0 amide bonds. The van der Waals surface area contributed by atoms with Crippen molar-refractivity contribution in [3.8, 4) is 5.75 Å². The van der Waals surface area contributed by atoms with E-state index in [1.165, 1.54) is 6.07 Å². The summed E-state index contributed by atoms with van der Waals surface area (Å²) < 4.78 is 41.3. The Kier molecular flexibility index (Phi) is 4.26. The number of carboxylic acid groups (broad SMARTS) is 1. The molecule has 0 spiro atoms. The lowest BCUT2D eigenvalue weighted by atomic mass is 10.2. The van der Waals surface area contributed by atoms with E-state index in [0.29, 0.717) is 6.07 Å². The van der Waals surface area contributed by atoms with Gasteiger partial charge in [0, 0.05) is 11.5 Å². The molecule has 0 unspecified atom stereocenters. The van der Waals surface area contributed by atoms with Crippen LogP contribution in [-0.4, -0.2) is 26.1 Å². The van der Waals surface area contributed by atoms with Crippen LogP contribution in [0.2, 0.25) is 0 Å². The van der Waals surface area contributed by atoms with Crippen molar-refractivity contribution >= 4 is 28.3 Å². The van der Waals surface area contributed by atoms with E-state index in [9.17, 15) is 18.0 Å². The van der Waals surface area contributed by atoms with Crippen LogP contribution >= 0.6 is 11.5 Å². The van der Waals surface area contributed by atoms with Crippen LogP contribution in [0.25, 0.3) is 0 Å². The number of nitrogens with two attached hydrogens (primary N) is 1. The third-order valence-corrected chi connectivity index (χ3v) is 2.80. The number of benzene rings is 1. The first-order chi connectivity index (χ1) is 10.3. The van der Waals surface area contributed by atoms with Crippen molar-refractivity contribution in [2.75, 3.05) is 5.73 Å². The molecule has 1 aromatic carbocycles. The summed E-state index contributed by atoms with van der Waals surface area (Å²) >= 11 is 0.746. The second kappa shape index (κ2) is 5.97. The molecule has 0 radical (unpaired) electrons. The number of anilines is 1. The molecule has 0 atom stereocenters. The average Bonchev–Trinajstić information content (AvgIpc) is 2.84. The van der Waals surface area contributed by atoms with E-state index < -0.39 is 23.4 Å². The van der Waals surface area contributed by atoms with Crippen molar-refractivity contribution in [2.24, 2.45) is 5.16 Å². The molecule has 0 bridgehead atoms. The molecule has 2 rings (SSSR count). The fourth-order valence-electron chi connectivity index (χ4n) is 1.33. The Balaban J connectivity index is 2.27. The Morgan fingerprint density at radius 1 is 1.41 bits per heavy atom. The highest BCUT2D eigenvalue weighted by molar-refractivity contribution is 7.09. The van der Waals surface area contributed by atoms with Crippen LogP contribution in [0.4, 0.5) is 18.3 Å². The predicted molar refractivity (Wildman–Crippen MR) is 70.6 cm³/mol. The molecule has 1 aromatic heterocycles. The molecule has 3 N–H and O–H groups in total. The molecule has 0 saturated carbocycles. The molecule has 1 heterocycles. The van der Waals surface area contributed by atoms with E-state index in [4.69, 9.17) is 15.7 Å². The van der Waals surface area contributed by atoms with Gasteiger partial charge in [0.05, 0.1) is 5.56 Å². The Morgan fingerprint density at radius 3 is 2.68 bits per heavy atom. The number of nitrogen functional groups attached to an aromatic ring is 1. The van der Waals surface area contributed by atoms with E-state index in [1.807, 2.05) is 0 Å². The number of oxime groups is 1. The highest BCUT2D eigenvalue weighted by Gasteiger charge is 2.30. The van der Waals surface area contributed by atoms with Gasteiger partial charge in [0.15, 0.2) is 10.9 Å². The van der Waals surface area contributed by atoms with Gasteiger partial charge in [-0.15, -0.1) is 0 Å². The first-order valence-electron chi connectivity index (χ1n) is 5.52. The number of nitrogens with zero attached hydrogens (tertiary/aromatic N) is 3. The SMILES string of the molecule is Nc1nc(C(=NOc2cccc(C(F)(F)F)c2)C(=O)O)ns1. The topological polar surface area (TPSA) is 111 Å². The van der Waals surface area contributed by atoms with Gasteiger partial charge in [-0.1, -0.05) is 11.2 Å². The van der Waals surface area contributed by atoms with Gasteiger partial charge in [-0.25, -0.2) is 4.79 Å². The standard InChI is InChI=1S/C11H7F3N4O3S/c12-11(13,14)5-2-1-3-6(4-5)21-17-7(9(19)20)8-16-10(15)22-18-8/h1-4H,(H,19,20)(H2,15,16,18). The number of aliphatic carboxylic acids is 1. The third-order valence-electron chi connectivity index (χ3n) is 2.26. The number of hydrogen-bond donors (Lipinski definition) is 2. The zero-order valence-corrected chi connectivity index (χ0v) is 11.4. The van der Waals surface area contributed by atoms with E-state index in [0.717, 1.165) is 23.7 Å². The summed E-state index contributed by atoms with van der Waals surface area (Å²) in [5.74, 6) is -2.08. The summed E-state index contributed by atoms with van der Waals surface area (Å²) in [7, 11) is 0. The van der Waals surface area contributed by atoms with Crippen molar-refractivity contribution in [2.45, 2.75) is 6.18 Å². The number of aromatic nitrogens is 2. The Hall–Kier alpha value is -2.69. The molecule has 7 nitrogen and oxygen atoms in total. The van der Waals surface area contributed by atoms with Gasteiger partial charge in [0.2, 0.25) is 11.5 Å². The zero-order chi connectivity index (χ0) is 16.3. The normalized spacial score (nSPS) is 12.2. The second-order valence-corrected chi connectivity index (χ2v) is 4.60. The molecule has 11 heteroatoms. The first kappa shape index (κ1) is 15.7. The minimum Gasteiger partial charge on any atom is -0.476 e. The molecular weight excluding hydrogens is 325 g/mol. The van der Waals surface area contributed by atoms with Crippen molar-refractivity contribution in [1.29, 1.82) is 0 Å². The lowest BCUT2D eigenvalue weighted by Gasteiger charge is -2.07. The second-order valence-electron chi connectivity index (χ2n) is 3.82. The molecule has 22 heavy (non-hydrogen) atoms. The number of carboxylic acids is 1. The van der Waals surface area contributed by atoms with Crippen molar-refractivity contribution in [3.05, 3.63) is 35.7 Å². The summed E-state index contributed by atoms with van der Waals surface area (Å²) in [6, 6.07) is 3.83. The largest absolute Gasteiger partial charge is 0.476 e. The molecule has 0 aliphatic carbocycles. The molecule has 0 fully saturated rings. The Bertz CT molecular complexity index is 729. The Morgan fingerprint density at radius 2 is 2.14 bits per heavy atom. The van der Waals surface area contributed by atoms with E-state index in [-0.39, 0.29) is 16.7 Å². The molecule has 0 aliphatic rings. The quantitative estimate of drug-likeness (QED) is 0.654. The molecule has 116 valence electrons. The van der Waals surface area contributed by atoms with Crippen LogP contribution < -0.4 is 10.6 Å². The lowest BCUT2D eigenvalue weighted by Crippen LogP contribution is -2.17. The smallest absolute Gasteiger partial charge is 0.416 e. The van der Waals surface area contributed by atoms with Gasteiger partial charge in [0.25, 0.3) is 0 Å². The van der Waals surface area contributed by atoms with Crippen LogP contribution in [0.5, 0.6) is 5.75 Å². The van der Waals surface area contributed by atoms with E-state index >= 15 is 0 Å². The fourth-order valence-corrected chi connectivity index (χ4v) is 1.77. The summed E-state index contributed by atoms with van der Waals surface area (Å²) in [5.41, 5.74) is 3.70. The maximum absolute atomic E-state index is 12.5. The molecule has 0 saturated heterocycles. The maximum atomic E-state index is 12.5. The van der Waals surface area contributed by atoms with Crippen LogP contribution in [0.3, 0.4) is 0 Å². The van der Waals surface area contributed by atoms with Crippen molar-refractivity contribution in [1.82, 2.24) is 9.36 Å². The highest BCUT2D eigenvalue weighted by atomic mass is 32.1. The van der Waals surface area contributed by atoms with Gasteiger partial charge in [-0.2, -0.15) is 22.5 Å². The van der Waals surface area contributed by atoms with Crippen LogP contribution in [0.1, 0.15) is 11.4 Å². The number of carbonyl (C=O) groups is 1. The third kappa shape index (κ3) is 3.69. The van der Waals surface area contributed by atoms with Gasteiger partial charge in [0.1, 0.15) is 0 Å². The number of halogens is 3. The fraction of sp³-hybridized carbons (Fsp3) is 0.0909. The molecular formula is C11H7F3N4O3S. The van der Waals surface area contributed by atoms with E-state index in [2.05, 4.69) is 14.5 Å². The minimum absolute atomic E-state index is 0.0167. The lowest BCUT2D eigenvalue weighted by molar-refractivity contribution is -0.137. The first-order valence-corrected chi connectivity index (χ1v) is 6.30. The predicted octanol–water partition coefficient (Wildman–Crippen LogP) is 2.01. The minimum atomic E-state index is -4.55. The summed E-state index contributed by atoms with van der Waals surface area (Å²) in [6.45, 7) is 0. The van der Waals surface area contributed by atoms with Gasteiger partial charge >= 0.3 is 12.1 Å². The molecule has 2 aromatic rings. The van der Waals surface area contributed by atoms with Gasteiger partial charge in [-0.3, -0.25) is 0 Å². The maximum Gasteiger partial charge on any atom is 0.416 e. The Labute approximate surface area is 125 Å². The van der Waals surface area contributed by atoms with Crippen LogP contribution in [0.15, 0.2) is 29.4 Å². The monoisotopic (exact) mass is 332 g/mol. The highest BCUT2D eigenvalue weighted by Crippen LogP contribution is 2.31. The number of alkyl halides is 3. The van der Waals surface area contributed by atoms with Crippen LogP contribution in [-0.2, 0) is 11.0 Å². The van der Waals surface area contributed by atoms with Crippen molar-refractivity contribution in [3.63, 3.8) is 0 Å². The number of hydrogen-bond acceptors (Lipinski definition) is 7. The zero-order valence-electron chi connectivity index (χ0n) is 10.5. The summed E-state index contributed by atoms with van der Waals surface area (Å²) in [6.07, 6.45) is -4.55. The van der Waals surface area contributed by atoms with E-state index in [1.54, 1.807) is 0 Å².